The number of hydrogen-bond acceptors (Lipinski definition) is 3. The van der Waals surface area contributed by atoms with E-state index in [1.165, 1.54) is 44.9 Å². The standard InChI is InChI=1S/C20H30N2O/c1-20(13-7-8-14-20)19(15-23)22-18-12-6-5-11-17(18)21-16-9-3-2-4-10-16/h5-6,11-12,15-16,19,21-22H,2-4,7-10,13-14H2,1H3. The van der Waals surface area contributed by atoms with Crippen molar-refractivity contribution in [2.45, 2.75) is 76.8 Å². The average molecular weight is 314 g/mol. The second kappa shape index (κ2) is 7.37. The van der Waals surface area contributed by atoms with Crippen LogP contribution in [0.2, 0.25) is 0 Å². The van der Waals surface area contributed by atoms with Gasteiger partial charge in [-0.2, -0.15) is 0 Å². The van der Waals surface area contributed by atoms with Gasteiger partial charge >= 0.3 is 0 Å². The smallest absolute Gasteiger partial charge is 0.142 e. The first-order valence-corrected chi connectivity index (χ1v) is 9.29. The molecule has 0 aliphatic heterocycles. The lowest BCUT2D eigenvalue weighted by Gasteiger charge is -2.33. The monoisotopic (exact) mass is 314 g/mol. The maximum absolute atomic E-state index is 11.7. The molecule has 2 fully saturated rings. The Bertz CT molecular complexity index is 516. The van der Waals surface area contributed by atoms with Crippen molar-refractivity contribution in [3.05, 3.63) is 24.3 Å². The molecule has 1 unspecified atom stereocenters. The van der Waals surface area contributed by atoms with Gasteiger partial charge in [0, 0.05) is 6.04 Å². The highest BCUT2D eigenvalue weighted by Crippen LogP contribution is 2.41. The number of carbonyl (C=O) groups excluding carboxylic acids is 1. The first kappa shape index (κ1) is 16.4. The van der Waals surface area contributed by atoms with E-state index in [-0.39, 0.29) is 11.5 Å². The first-order valence-electron chi connectivity index (χ1n) is 9.29. The van der Waals surface area contributed by atoms with E-state index in [4.69, 9.17) is 0 Å². The first-order chi connectivity index (χ1) is 11.2. The Morgan fingerprint density at radius 1 is 1.04 bits per heavy atom. The molecule has 2 aliphatic carbocycles. The van der Waals surface area contributed by atoms with Gasteiger partial charge in [-0.15, -0.1) is 0 Å². The van der Waals surface area contributed by atoms with E-state index in [2.05, 4.69) is 35.8 Å². The number of anilines is 2. The van der Waals surface area contributed by atoms with Crippen molar-refractivity contribution >= 4 is 17.7 Å². The summed E-state index contributed by atoms with van der Waals surface area (Å²) in [6, 6.07) is 8.83. The van der Waals surface area contributed by atoms with E-state index in [9.17, 15) is 4.79 Å². The van der Waals surface area contributed by atoms with Gasteiger partial charge in [-0.25, -0.2) is 0 Å². The molecule has 3 nitrogen and oxygen atoms in total. The van der Waals surface area contributed by atoms with Crippen LogP contribution >= 0.6 is 0 Å². The summed E-state index contributed by atoms with van der Waals surface area (Å²) in [6.45, 7) is 2.25. The molecule has 0 saturated heterocycles. The molecule has 2 N–H and O–H groups in total. The molecule has 0 radical (unpaired) electrons. The van der Waals surface area contributed by atoms with Crippen molar-refractivity contribution in [3.8, 4) is 0 Å². The number of carbonyl (C=O) groups is 1. The predicted molar refractivity (Wildman–Crippen MR) is 97.0 cm³/mol. The lowest BCUT2D eigenvalue weighted by Crippen LogP contribution is -2.38. The lowest BCUT2D eigenvalue weighted by molar-refractivity contribution is -0.110. The summed E-state index contributed by atoms with van der Waals surface area (Å²) in [5.41, 5.74) is 2.32. The molecular weight excluding hydrogens is 284 g/mol. The molecule has 2 saturated carbocycles. The van der Waals surface area contributed by atoms with E-state index >= 15 is 0 Å². The van der Waals surface area contributed by atoms with Crippen LogP contribution in [0.1, 0.15) is 64.7 Å². The van der Waals surface area contributed by atoms with E-state index in [1.807, 2.05) is 6.07 Å². The molecule has 0 aromatic heterocycles. The Hall–Kier alpha value is -1.51. The maximum atomic E-state index is 11.7. The molecule has 2 aliphatic rings. The van der Waals surface area contributed by atoms with Gasteiger partial charge in [-0.1, -0.05) is 51.2 Å². The van der Waals surface area contributed by atoms with E-state index in [0.29, 0.717) is 6.04 Å². The molecule has 1 atom stereocenters. The van der Waals surface area contributed by atoms with Crippen molar-refractivity contribution in [2.24, 2.45) is 5.41 Å². The number of para-hydroxylation sites is 2. The number of rotatable bonds is 6. The van der Waals surface area contributed by atoms with Crippen LogP contribution in [0.15, 0.2) is 24.3 Å². The van der Waals surface area contributed by atoms with Crippen LogP contribution in [-0.4, -0.2) is 18.4 Å². The van der Waals surface area contributed by atoms with Gasteiger partial charge in [0.15, 0.2) is 0 Å². The van der Waals surface area contributed by atoms with E-state index in [0.717, 1.165) is 30.5 Å². The molecule has 0 heterocycles. The van der Waals surface area contributed by atoms with Crippen LogP contribution in [0, 0.1) is 5.41 Å². The highest BCUT2D eigenvalue weighted by molar-refractivity contribution is 5.74. The van der Waals surface area contributed by atoms with Gasteiger partial charge in [0.05, 0.1) is 17.4 Å². The Kier molecular flexibility index (Phi) is 5.24. The molecular formula is C20H30N2O. The predicted octanol–water partition coefficient (Wildman–Crippen LogP) is 4.99. The number of aldehydes is 1. The van der Waals surface area contributed by atoms with Crippen LogP contribution in [-0.2, 0) is 4.79 Å². The highest BCUT2D eigenvalue weighted by atomic mass is 16.1. The van der Waals surface area contributed by atoms with E-state index < -0.39 is 0 Å². The molecule has 1 aromatic rings. The van der Waals surface area contributed by atoms with Crippen LogP contribution in [0.4, 0.5) is 11.4 Å². The van der Waals surface area contributed by atoms with Gasteiger partial charge < -0.3 is 15.4 Å². The highest BCUT2D eigenvalue weighted by Gasteiger charge is 2.37. The molecule has 0 bridgehead atoms. The minimum absolute atomic E-state index is 0.0969. The zero-order chi connectivity index (χ0) is 16.1. The lowest BCUT2D eigenvalue weighted by atomic mass is 9.81. The van der Waals surface area contributed by atoms with Crippen molar-refractivity contribution in [2.75, 3.05) is 10.6 Å². The summed E-state index contributed by atoms with van der Waals surface area (Å²) in [4.78, 5) is 11.7. The third-order valence-corrected chi connectivity index (χ3v) is 5.84. The zero-order valence-corrected chi connectivity index (χ0v) is 14.3. The molecule has 1 aromatic carbocycles. The summed E-state index contributed by atoms with van der Waals surface area (Å²) in [6.07, 6.45) is 12.4. The Morgan fingerprint density at radius 2 is 1.70 bits per heavy atom. The number of benzene rings is 1. The summed E-state index contributed by atoms with van der Waals surface area (Å²) in [7, 11) is 0. The molecule has 23 heavy (non-hydrogen) atoms. The van der Waals surface area contributed by atoms with Gasteiger partial charge in [-0.3, -0.25) is 0 Å². The van der Waals surface area contributed by atoms with Gasteiger partial charge in [0.1, 0.15) is 6.29 Å². The largest absolute Gasteiger partial charge is 0.381 e. The third-order valence-electron chi connectivity index (χ3n) is 5.84. The molecule has 3 rings (SSSR count). The Labute approximate surface area is 140 Å². The molecule has 3 heteroatoms. The third kappa shape index (κ3) is 3.88. The van der Waals surface area contributed by atoms with Crippen LogP contribution in [0.3, 0.4) is 0 Å². The second-order valence-corrected chi connectivity index (χ2v) is 7.64. The molecule has 0 spiro atoms. The van der Waals surface area contributed by atoms with Crippen LogP contribution < -0.4 is 10.6 Å². The van der Waals surface area contributed by atoms with Crippen LogP contribution in [0.5, 0.6) is 0 Å². The van der Waals surface area contributed by atoms with Gasteiger partial charge in [-0.05, 0) is 43.2 Å². The van der Waals surface area contributed by atoms with Gasteiger partial charge in [0.2, 0.25) is 0 Å². The fourth-order valence-corrected chi connectivity index (χ4v) is 4.24. The van der Waals surface area contributed by atoms with Crippen molar-refractivity contribution in [1.82, 2.24) is 0 Å². The zero-order valence-electron chi connectivity index (χ0n) is 14.3. The van der Waals surface area contributed by atoms with Crippen molar-refractivity contribution < 1.29 is 4.79 Å². The molecule has 0 amide bonds. The molecule has 126 valence electrons. The van der Waals surface area contributed by atoms with Crippen molar-refractivity contribution in [1.29, 1.82) is 0 Å². The summed E-state index contributed by atoms with van der Waals surface area (Å²) < 4.78 is 0. The summed E-state index contributed by atoms with van der Waals surface area (Å²) >= 11 is 0. The topological polar surface area (TPSA) is 41.1 Å². The second-order valence-electron chi connectivity index (χ2n) is 7.64. The number of nitrogens with one attached hydrogen (secondary N) is 2. The minimum atomic E-state index is -0.0979. The quantitative estimate of drug-likeness (QED) is 0.727. The fourth-order valence-electron chi connectivity index (χ4n) is 4.24. The maximum Gasteiger partial charge on any atom is 0.142 e. The van der Waals surface area contributed by atoms with Crippen molar-refractivity contribution in [3.63, 3.8) is 0 Å². The van der Waals surface area contributed by atoms with E-state index in [1.54, 1.807) is 0 Å². The summed E-state index contributed by atoms with van der Waals surface area (Å²) in [5.74, 6) is 0. The summed E-state index contributed by atoms with van der Waals surface area (Å²) in [5, 5.41) is 7.24. The average Bonchev–Trinajstić information content (AvgIpc) is 3.02. The Balaban J connectivity index is 1.72. The Morgan fingerprint density at radius 3 is 2.35 bits per heavy atom. The normalized spacial score (nSPS) is 22.5. The van der Waals surface area contributed by atoms with Crippen LogP contribution in [0.25, 0.3) is 0 Å². The fraction of sp³-hybridized carbons (Fsp3) is 0.650. The minimum Gasteiger partial charge on any atom is -0.381 e. The number of hydrogen-bond donors (Lipinski definition) is 2. The van der Waals surface area contributed by atoms with Gasteiger partial charge in [0.25, 0.3) is 0 Å². The SMILES string of the molecule is CC1(C(C=O)Nc2ccccc2NC2CCCCC2)CCCC1.